The minimum Gasteiger partial charge on any atom is -0.497 e. The maximum absolute atomic E-state index is 12.9. The minimum atomic E-state index is -0.507. The quantitative estimate of drug-likeness (QED) is 0.680. The summed E-state index contributed by atoms with van der Waals surface area (Å²) in [7, 11) is 4.52. The summed E-state index contributed by atoms with van der Waals surface area (Å²) in [5.41, 5.74) is 0.233. The molecule has 8 heteroatoms. The molecule has 1 heterocycles. The van der Waals surface area contributed by atoms with E-state index in [-0.39, 0.29) is 17.2 Å². The fourth-order valence-electron chi connectivity index (χ4n) is 3.09. The van der Waals surface area contributed by atoms with E-state index in [1.807, 2.05) is 13.8 Å². The van der Waals surface area contributed by atoms with E-state index in [1.54, 1.807) is 30.1 Å². The number of hydrogen-bond acceptors (Lipinski definition) is 5. The zero-order valence-corrected chi connectivity index (χ0v) is 18.2. The Balaban J connectivity index is 2.37. The van der Waals surface area contributed by atoms with Gasteiger partial charge in [0.15, 0.2) is 0 Å². The Labute approximate surface area is 176 Å². The smallest absolute Gasteiger partial charge is 0.274 e. The number of amides is 2. The summed E-state index contributed by atoms with van der Waals surface area (Å²) in [4.78, 5) is 40.0. The molecule has 2 aromatic rings. The molecule has 0 aliphatic rings. The van der Waals surface area contributed by atoms with Crippen LogP contribution in [0.25, 0.3) is 0 Å². The number of methoxy groups -OCH3 is 2. The maximum Gasteiger partial charge on any atom is 0.274 e. The highest BCUT2D eigenvalue weighted by molar-refractivity contribution is 6.05. The Bertz CT molecular complexity index is 939. The van der Waals surface area contributed by atoms with Crippen LogP contribution in [-0.4, -0.2) is 48.6 Å². The Morgan fingerprint density at radius 3 is 2.03 bits per heavy atom. The molecule has 8 nitrogen and oxygen atoms in total. The van der Waals surface area contributed by atoms with Crippen LogP contribution in [0.5, 0.6) is 11.5 Å². The molecule has 0 aliphatic carbocycles. The van der Waals surface area contributed by atoms with Gasteiger partial charge in [0.05, 0.1) is 19.8 Å². The third-order valence-corrected chi connectivity index (χ3v) is 4.57. The van der Waals surface area contributed by atoms with E-state index >= 15 is 0 Å². The van der Waals surface area contributed by atoms with Gasteiger partial charge in [0.25, 0.3) is 17.4 Å². The summed E-state index contributed by atoms with van der Waals surface area (Å²) in [6, 6.07) is 6.16. The van der Waals surface area contributed by atoms with Crippen LogP contribution in [0, 0.1) is 0 Å². The van der Waals surface area contributed by atoms with Crippen molar-refractivity contribution < 1.29 is 19.1 Å². The van der Waals surface area contributed by atoms with E-state index in [0.717, 1.165) is 12.8 Å². The van der Waals surface area contributed by atoms with Crippen molar-refractivity contribution in [1.82, 2.24) is 9.47 Å². The largest absolute Gasteiger partial charge is 0.497 e. The van der Waals surface area contributed by atoms with Gasteiger partial charge in [0, 0.05) is 38.0 Å². The second kappa shape index (κ2) is 10.5. The summed E-state index contributed by atoms with van der Waals surface area (Å²) < 4.78 is 11.7. The Hall–Kier alpha value is -3.29. The second-order valence-electron chi connectivity index (χ2n) is 6.91. The molecule has 0 aliphatic heterocycles. The molecule has 0 saturated heterocycles. The highest BCUT2D eigenvalue weighted by atomic mass is 16.5. The zero-order valence-electron chi connectivity index (χ0n) is 18.2. The summed E-state index contributed by atoms with van der Waals surface area (Å²) in [6.45, 7) is 5.26. The monoisotopic (exact) mass is 415 g/mol. The number of nitrogens with one attached hydrogen (secondary N) is 1. The molecular weight excluding hydrogens is 386 g/mol. The Kier molecular flexibility index (Phi) is 8.03. The Morgan fingerprint density at radius 2 is 1.53 bits per heavy atom. The summed E-state index contributed by atoms with van der Waals surface area (Å²) in [6.07, 6.45) is 3.16. The van der Waals surface area contributed by atoms with Gasteiger partial charge in [-0.05, 0) is 31.0 Å². The molecular formula is C22H29N3O5. The lowest BCUT2D eigenvalue weighted by molar-refractivity contribution is 0.0754. The Morgan fingerprint density at radius 1 is 0.967 bits per heavy atom. The predicted molar refractivity (Wildman–Crippen MR) is 116 cm³/mol. The third kappa shape index (κ3) is 5.40. The molecule has 2 rings (SSSR count). The lowest BCUT2D eigenvalue weighted by atomic mass is 10.1. The highest BCUT2D eigenvalue weighted by Crippen LogP contribution is 2.23. The van der Waals surface area contributed by atoms with Gasteiger partial charge in [-0.1, -0.05) is 13.8 Å². The van der Waals surface area contributed by atoms with Crippen molar-refractivity contribution in [3.63, 3.8) is 0 Å². The van der Waals surface area contributed by atoms with Crippen LogP contribution in [-0.2, 0) is 7.05 Å². The van der Waals surface area contributed by atoms with Crippen molar-refractivity contribution >= 4 is 17.5 Å². The van der Waals surface area contributed by atoms with Crippen molar-refractivity contribution in [3.8, 4) is 11.5 Å². The van der Waals surface area contributed by atoms with Crippen LogP contribution >= 0.6 is 0 Å². The molecule has 1 aromatic heterocycles. The number of aryl methyl sites for hydroxylation is 1. The van der Waals surface area contributed by atoms with E-state index < -0.39 is 11.5 Å². The van der Waals surface area contributed by atoms with Crippen molar-refractivity contribution in [2.24, 2.45) is 7.05 Å². The van der Waals surface area contributed by atoms with Gasteiger partial charge in [-0.2, -0.15) is 0 Å². The van der Waals surface area contributed by atoms with Crippen LogP contribution < -0.4 is 20.3 Å². The molecule has 0 fully saturated rings. The minimum absolute atomic E-state index is 0.0306. The number of aromatic nitrogens is 1. The number of nitrogens with zero attached hydrogens (tertiary/aromatic N) is 2. The van der Waals surface area contributed by atoms with Gasteiger partial charge in [0.1, 0.15) is 17.2 Å². The van der Waals surface area contributed by atoms with Crippen LogP contribution in [0.3, 0.4) is 0 Å². The van der Waals surface area contributed by atoms with E-state index in [1.165, 1.54) is 31.0 Å². The number of carbonyl (C=O) groups excluding carboxylic acids is 2. The molecule has 0 bridgehead atoms. The summed E-state index contributed by atoms with van der Waals surface area (Å²) >= 11 is 0. The van der Waals surface area contributed by atoms with Crippen LogP contribution in [0.15, 0.2) is 35.3 Å². The lowest BCUT2D eigenvalue weighted by Crippen LogP contribution is -2.34. The van der Waals surface area contributed by atoms with Gasteiger partial charge >= 0.3 is 0 Å². The fraction of sp³-hybridized carbons (Fsp3) is 0.409. The molecule has 162 valence electrons. The average Bonchev–Trinajstić information content (AvgIpc) is 2.75. The average molecular weight is 415 g/mol. The first-order valence-corrected chi connectivity index (χ1v) is 9.88. The molecule has 1 aromatic carbocycles. The fourth-order valence-corrected chi connectivity index (χ4v) is 3.09. The van der Waals surface area contributed by atoms with Crippen LogP contribution in [0.4, 0.5) is 5.69 Å². The van der Waals surface area contributed by atoms with E-state index in [0.29, 0.717) is 30.2 Å². The van der Waals surface area contributed by atoms with Crippen molar-refractivity contribution in [1.29, 1.82) is 0 Å². The summed E-state index contributed by atoms with van der Waals surface area (Å²) in [5.74, 6) is 0.220. The first kappa shape index (κ1) is 23.0. The second-order valence-corrected chi connectivity index (χ2v) is 6.91. The van der Waals surface area contributed by atoms with Crippen LogP contribution in [0.2, 0.25) is 0 Å². The van der Waals surface area contributed by atoms with Gasteiger partial charge in [-0.3, -0.25) is 14.4 Å². The number of pyridine rings is 1. The molecule has 0 spiro atoms. The normalized spacial score (nSPS) is 10.4. The molecule has 0 saturated carbocycles. The zero-order chi connectivity index (χ0) is 22.3. The van der Waals surface area contributed by atoms with Gasteiger partial charge in [-0.25, -0.2) is 0 Å². The highest BCUT2D eigenvalue weighted by Gasteiger charge is 2.19. The number of anilines is 1. The van der Waals surface area contributed by atoms with Crippen molar-refractivity contribution in [3.05, 3.63) is 51.9 Å². The standard InChI is InChI=1S/C22H29N3O5/c1-6-8-25(9-7-2)21(27)16-12-19(22(28)24(3)14-16)23-20(26)15-10-17(29-4)13-18(11-15)30-5/h10-14H,6-9H2,1-5H3,(H,23,26). The molecule has 0 radical (unpaired) electrons. The van der Waals surface area contributed by atoms with Crippen LogP contribution in [0.1, 0.15) is 47.4 Å². The number of carbonyl (C=O) groups is 2. The van der Waals surface area contributed by atoms with E-state index in [4.69, 9.17) is 9.47 Å². The van der Waals surface area contributed by atoms with Crippen molar-refractivity contribution in [2.75, 3.05) is 32.6 Å². The molecule has 2 amide bonds. The predicted octanol–water partition coefficient (Wildman–Crippen LogP) is 2.92. The maximum atomic E-state index is 12.9. The number of benzene rings is 1. The van der Waals surface area contributed by atoms with E-state index in [2.05, 4.69) is 5.32 Å². The molecule has 0 atom stereocenters. The molecule has 1 N–H and O–H groups in total. The molecule has 0 unspecified atom stereocenters. The first-order valence-electron chi connectivity index (χ1n) is 9.88. The van der Waals surface area contributed by atoms with Gasteiger partial charge in [0.2, 0.25) is 0 Å². The van der Waals surface area contributed by atoms with Gasteiger partial charge in [-0.15, -0.1) is 0 Å². The topological polar surface area (TPSA) is 89.9 Å². The first-order chi connectivity index (χ1) is 14.3. The number of rotatable bonds is 9. The van der Waals surface area contributed by atoms with Crippen molar-refractivity contribution in [2.45, 2.75) is 26.7 Å². The van der Waals surface area contributed by atoms with Gasteiger partial charge < -0.3 is 24.3 Å². The molecule has 30 heavy (non-hydrogen) atoms. The summed E-state index contributed by atoms with van der Waals surface area (Å²) in [5, 5.41) is 2.61. The SMILES string of the molecule is CCCN(CCC)C(=O)c1cc(NC(=O)c2cc(OC)cc(OC)c2)c(=O)n(C)c1. The third-order valence-electron chi connectivity index (χ3n) is 4.57. The lowest BCUT2D eigenvalue weighted by Gasteiger charge is -2.22. The van der Waals surface area contributed by atoms with E-state index in [9.17, 15) is 14.4 Å². The number of hydrogen-bond donors (Lipinski definition) is 1. The number of ether oxygens (including phenoxy) is 2.